The van der Waals surface area contributed by atoms with Crippen molar-refractivity contribution in [2.24, 2.45) is 11.1 Å². The summed E-state index contributed by atoms with van der Waals surface area (Å²) in [4.78, 5) is 11.7. The van der Waals surface area contributed by atoms with Gasteiger partial charge in [-0.15, -0.1) is 12.4 Å². The molecule has 1 fully saturated rings. The maximum atomic E-state index is 13.8. The molecule has 6 nitrogen and oxygen atoms in total. The van der Waals surface area contributed by atoms with Gasteiger partial charge in [-0.2, -0.15) is 5.10 Å². The van der Waals surface area contributed by atoms with Crippen molar-refractivity contribution in [3.63, 3.8) is 0 Å². The van der Waals surface area contributed by atoms with E-state index in [-0.39, 0.29) is 29.7 Å². The van der Waals surface area contributed by atoms with E-state index >= 15 is 0 Å². The molecule has 2 aliphatic rings. The molecule has 1 aliphatic heterocycles. The molecule has 1 aromatic carbocycles. The van der Waals surface area contributed by atoms with E-state index in [1.54, 1.807) is 24.5 Å². The Morgan fingerprint density at radius 3 is 2.63 bits per heavy atom. The minimum atomic E-state index is -0.212. The van der Waals surface area contributed by atoms with E-state index in [1.807, 2.05) is 36.6 Å². The number of rotatable bonds is 2. The van der Waals surface area contributed by atoms with Crippen LogP contribution in [0.15, 0.2) is 42.7 Å². The standard InChI is InChI=1S/C26H26ClFN6.ClH/c1-15-22(27)19(5-9-30-15)23-16(2)32-25(21-6-10-31-34(21)23)33-11-7-26(8-12-33)14-17-3-4-18(28)13-20(17)24(26)29;/h3-6,9-10,13,24H,7-8,11-12,14,29H2,1-2H3;1H/t24-;/m1./s1. The van der Waals surface area contributed by atoms with Gasteiger partial charge in [-0.25, -0.2) is 13.9 Å². The van der Waals surface area contributed by atoms with Crippen molar-refractivity contribution >= 4 is 35.3 Å². The Balaban J connectivity index is 0.00000253. The van der Waals surface area contributed by atoms with Gasteiger partial charge in [0.25, 0.3) is 0 Å². The number of aryl methyl sites for hydroxylation is 2. The number of nitrogens with two attached hydrogens (primary N) is 1. The Morgan fingerprint density at radius 1 is 1.09 bits per heavy atom. The van der Waals surface area contributed by atoms with E-state index < -0.39 is 0 Å². The van der Waals surface area contributed by atoms with Crippen molar-refractivity contribution in [2.75, 3.05) is 18.0 Å². The van der Waals surface area contributed by atoms with Crippen LogP contribution >= 0.6 is 24.0 Å². The lowest BCUT2D eigenvalue weighted by Gasteiger charge is -2.42. The average Bonchev–Trinajstić information content (AvgIpc) is 3.40. The van der Waals surface area contributed by atoms with Gasteiger partial charge in [-0.1, -0.05) is 17.7 Å². The molecule has 1 saturated heterocycles. The van der Waals surface area contributed by atoms with Crippen LogP contribution in [-0.2, 0) is 6.42 Å². The molecule has 0 bridgehead atoms. The van der Waals surface area contributed by atoms with Crippen LogP contribution in [-0.4, -0.2) is 32.7 Å². The second-order valence-corrected chi connectivity index (χ2v) is 9.98. The third kappa shape index (κ3) is 3.68. The molecule has 0 amide bonds. The van der Waals surface area contributed by atoms with E-state index in [0.29, 0.717) is 5.02 Å². The zero-order valence-corrected chi connectivity index (χ0v) is 21.2. The van der Waals surface area contributed by atoms with Crippen LogP contribution < -0.4 is 10.6 Å². The summed E-state index contributed by atoms with van der Waals surface area (Å²) < 4.78 is 15.8. The fourth-order valence-electron chi connectivity index (χ4n) is 5.83. The minimum Gasteiger partial charge on any atom is -0.355 e. The van der Waals surface area contributed by atoms with Crippen LogP contribution in [0.5, 0.6) is 0 Å². The molecule has 0 unspecified atom stereocenters. The van der Waals surface area contributed by atoms with Gasteiger partial charge in [0.05, 0.1) is 28.3 Å². The highest BCUT2D eigenvalue weighted by molar-refractivity contribution is 6.33. The monoisotopic (exact) mass is 512 g/mol. The minimum absolute atomic E-state index is 0. The van der Waals surface area contributed by atoms with Crippen molar-refractivity contribution in [3.05, 3.63) is 76.1 Å². The number of fused-ring (bicyclic) bond motifs is 2. The van der Waals surface area contributed by atoms with E-state index in [0.717, 1.165) is 71.9 Å². The summed E-state index contributed by atoms with van der Waals surface area (Å²) in [5.41, 5.74) is 13.1. The van der Waals surface area contributed by atoms with Crippen molar-refractivity contribution in [3.8, 4) is 11.3 Å². The van der Waals surface area contributed by atoms with Gasteiger partial charge in [-0.05, 0) is 73.9 Å². The number of anilines is 1. The normalized spacial score (nSPS) is 18.7. The molecule has 35 heavy (non-hydrogen) atoms. The summed E-state index contributed by atoms with van der Waals surface area (Å²) in [5, 5.41) is 5.23. The predicted molar refractivity (Wildman–Crippen MR) is 139 cm³/mol. The van der Waals surface area contributed by atoms with Crippen molar-refractivity contribution in [1.82, 2.24) is 19.6 Å². The summed E-state index contributed by atoms with van der Waals surface area (Å²) in [6.07, 6.45) is 6.34. The molecule has 4 aromatic rings. The lowest BCUT2D eigenvalue weighted by molar-refractivity contribution is 0.187. The van der Waals surface area contributed by atoms with Crippen molar-refractivity contribution in [1.29, 1.82) is 0 Å². The van der Waals surface area contributed by atoms with Gasteiger partial charge in [0.2, 0.25) is 0 Å². The second-order valence-electron chi connectivity index (χ2n) is 9.60. The topological polar surface area (TPSA) is 72.3 Å². The number of nitrogens with zero attached hydrogens (tertiary/aromatic N) is 5. The third-order valence-corrected chi connectivity index (χ3v) is 8.20. The van der Waals surface area contributed by atoms with Crippen LogP contribution in [0.4, 0.5) is 10.2 Å². The zero-order chi connectivity index (χ0) is 23.6. The first-order chi connectivity index (χ1) is 16.4. The number of aromatic nitrogens is 4. The fraction of sp³-hybridized carbons (Fsp3) is 0.346. The van der Waals surface area contributed by atoms with Crippen LogP contribution in [0.1, 0.15) is 41.4 Å². The maximum absolute atomic E-state index is 13.8. The summed E-state index contributed by atoms with van der Waals surface area (Å²) in [6, 6.07) is 8.83. The van der Waals surface area contributed by atoms with E-state index in [1.165, 1.54) is 5.56 Å². The maximum Gasteiger partial charge on any atom is 0.155 e. The SMILES string of the molecule is Cc1nccc(-c2c(C)nc(N3CCC4(CC3)Cc3ccc(F)cc3[C@H]4N)c3ccnn23)c1Cl.Cl. The van der Waals surface area contributed by atoms with Crippen LogP contribution in [0.25, 0.3) is 16.8 Å². The Hall–Kier alpha value is -2.74. The molecular weight excluding hydrogens is 486 g/mol. The van der Waals surface area contributed by atoms with Crippen LogP contribution in [0, 0.1) is 25.1 Å². The quantitative estimate of drug-likeness (QED) is 0.385. The first-order valence-electron chi connectivity index (χ1n) is 11.6. The van der Waals surface area contributed by atoms with Gasteiger partial charge in [-0.3, -0.25) is 4.98 Å². The second kappa shape index (κ2) is 8.73. The molecule has 0 radical (unpaired) electrons. The number of pyridine rings is 1. The molecule has 3 aromatic heterocycles. The summed E-state index contributed by atoms with van der Waals surface area (Å²) in [5.74, 6) is 0.710. The fourth-order valence-corrected chi connectivity index (χ4v) is 6.03. The highest BCUT2D eigenvalue weighted by Crippen LogP contribution is 2.51. The number of hydrogen-bond donors (Lipinski definition) is 1. The molecule has 6 rings (SSSR count). The van der Waals surface area contributed by atoms with Gasteiger partial charge in [0.15, 0.2) is 5.82 Å². The Labute approximate surface area is 214 Å². The highest BCUT2D eigenvalue weighted by atomic mass is 35.5. The third-order valence-electron chi connectivity index (χ3n) is 7.72. The predicted octanol–water partition coefficient (Wildman–Crippen LogP) is 5.47. The first kappa shape index (κ1) is 24.0. The number of piperidine rings is 1. The smallest absolute Gasteiger partial charge is 0.155 e. The van der Waals surface area contributed by atoms with Crippen LogP contribution in [0.3, 0.4) is 0 Å². The molecule has 9 heteroatoms. The van der Waals surface area contributed by atoms with Crippen LogP contribution in [0.2, 0.25) is 5.02 Å². The van der Waals surface area contributed by atoms with E-state index in [2.05, 4.69) is 15.0 Å². The summed E-state index contributed by atoms with van der Waals surface area (Å²) in [6.45, 7) is 5.57. The molecule has 2 N–H and O–H groups in total. The molecule has 4 heterocycles. The van der Waals surface area contributed by atoms with Gasteiger partial charge in [0.1, 0.15) is 11.3 Å². The molecule has 1 spiro atoms. The first-order valence-corrected chi connectivity index (χ1v) is 12.0. The summed E-state index contributed by atoms with van der Waals surface area (Å²) >= 11 is 6.61. The number of benzene rings is 1. The number of halogens is 3. The molecule has 182 valence electrons. The Bertz CT molecular complexity index is 1430. The van der Waals surface area contributed by atoms with Gasteiger partial charge < -0.3 is 10.6 Å². The van der Waals surface area contributed by atoms with Crippen molar-refractivity contribution in [2.45, 2.75) is 39.2 Å². The molecular formula is C26H27Cl2FN6. The average molecular weight is 513 g/mol. The molecule has 0 saturated carbocycles. The summed E-state index contributed by atoms with van der Waals surface area (Å²) in [7, 11) is 0. The van der Waals surface area contributed by atoms with Crippen molar-refractivity contribution < 1.29 is 4.39 Å². The molecule has 1 aliphatic carbocycles. The van der Waals surface area contributed by atoms with Gasteiger partial charge >= 0.3 is 0 Å². The Kier molecular flexibility index (Phi) is 5.98. The lowest BCUT2D eigenvalue weighted by atomic mass is 9.73. The van der Waals surface area contributed by atoms with E-state index in [4.69, 9.17) is 22.3 Å². The molecule has 1 atom stereocenters. The zero-order valence-electron chi connectivity index (χ0n) is 19.6. The Morgan fingerprint density at radius 2 is 1.86 bits per heavy atom. The number of hydrogen-bond acceptors (Lipinski definition) is 5. The van der Waals surface area contributed by atoms with Gasteiger partial charge in [0, 0.05) is 30.9 Å². The highest BCUT2D eigenvalue weighted by Gasteiger charge is 2.46. The largest absolute Gasteiger partial charge is 0.355 e. The van der Waals surface area contributed by atoms with E-state index in [9.17, 15) is 4.39 Å². The lowest BCUT2D eigenvalue weighted by Crippen LogP contribution is -2.44.